The van der Waals surface area contributed by atoms with E-state index in [2.05, 4.69) is 25.6 Å². The van der Waals surface area contributed by atoms with Gasteiger partial charge in [0.1, 0.15) is 4.90 Å². The number of nitrogens with zero attached hydrogens (tertiary/aromatic N) is 1. The number of nitrogens with one attached hydrogen (secondary N) is 1. The molecule has 0 bridgehead atoms. The van der Waals surface area contributed by atoms with Gasteiger partial charge in [-0.05, 0) is 52.0 Å². The fourth-order valence-electron chi connectivity index (χ4n) is 2.52. The fraction of sp³-hybridized carbons (Fsp3) is 0.353. The minimum Gasteiger partial charge on any atom is -0.399 e. The molecule has 1 N–H and O–H groups in total. The highest BCUT2D eigenvalue weighted by Crippen LogP contribution is 2.36. The first kappa shape index (κ1) is 20.6. The Bertz CT molecular complexity index is 969. The first-order chi connectivity index (χ1) is 12.4. The normalized spacial score (nSPS) is 18.5. The number of hydrogen-bond acceptors (Lipinski definition) is 5. The average Bonchev–Trinajstić information content (AvgIpc) is 2.75. The zero-order chi connectivity index (χ0) is 20.0. The first-order valence-corrected chi connectivity index (χ1v) is 10.9. The second-order valence-corrected chi connectivity index (χ2v) is 10.2. The Labute approximate surface area is 172 Å². The van der Waals surface area contributed by atoms with Crippen LogP contribution in [0.2, 0.25) is 5.02 Å². The van der Waals surface area contributed by atoms with Gasteiger partial charge in [0.2, 0.25) is 0 Å². The molecule has 144 valence electrons. The lowest BCUT2D eigenvalue weighted by molar-refractivity contribution is 0.00578. The van der Waals surface area contributed by atoms with Crippen LogP contribution in [0.25, 0.3) is 0 Å². The van der Waals surface area contributed by atoms with E-state index in [1.807, 2.05) is 27.7 Å². The van der Waals surface area contributed by atoms with E-state index in [0.717, 1.165) is 0 Å². The van der Waals surface area contributed by atoms with Crippen molar-refractivity contribution in [2.24, 2.45) is 0 Å². The number of aromatic nitrogens is 1. The quantitative estimate of drug-likeness (QED) is 0.687. The maximum atomic E-state index is 12.7. The minimum absolute atomic E-state index is 0.0200. The van der Waals surface area contributed by atoms with Crippen LogP contribution >= 0.6 is 27.5 Å². The number of anilines is 1. The Hall–Kier alpha value is -1.13. The molecule has 0 radical (unpaired) electrons. The predicted molar refractivity (Wildman–Crippen MR) is 110 cm³/mol. The molecule has 0 unspecified atom stereocenters. The van der Waals surface area contributed by atoms with Gasteiger partial charge in [-0.25, -0.2) is 8.42 Å². The lowest BCUT2D eigenvalue weighted by Gasteiger charge is -2.32. The van der Waals surface area contributed by atoms with E-state index in [9.17, 15) is 8.42 Å². The summed E-state index contributed by atoms with van der Waals surface area (Å²) in [4.78, 5) is 4.09. The SMILES string of the molecule is CC1(C)OB(c2cncc(NS(=O)(=O)c3ccc(Br)cc3Cl)c2)OC1(C)C. The number of benzene rings is 1. The summed E-state index contributed by atoms with van der Waals surface area (Å²) in [5, 5.41) is 0.118. The van der Waals surface area contributed by atoms with E-state index in [0.29, 0.717) is 15.6 Å². The van der Waals surface area contributed by atoms with Crippen LogP contribution < -0.4 is 10.2 Å². The molecule has 3 rings (SSSR count). The molecule has 1 fully saturated rings. The van der Waals surface area contributed by atoms with Crippen LogP contribution in [-0.4, -0.2) is 31.7 Å². The molecule has 1 saturated heterocycles. The van der Waals surface area contributed by atoms with E-state index in [4.69, 9.17) is 20.9 Å². The third-order valence-corrected chi connectivity index (χ3v) is 7.08. The molecule has 1 aromatic carbocycles. The van der Waals surface area contributed by atoms with Crippen LogP contribution in [-0.2, 0) is 19.3 Å². The summed E-state index contributed by atoms with van der Waals surface area (Å²) in [6, 6.07) is 6.20. The molecule has 1 aromatic heterocycles. The van der Waals surface area contributed by atoms with Crippen LogP contribution in [0.15, 0.2) is 46.0 Å². The molecule has 0 saturated carbocycles. The van der Waals surface area contributed by atoms with E-state index in [1.54, 1.807) is 18.3 Å². The Morgan fingerprint density at radius 2 is 1.74 bits per heavy atom. The van der Waals surface area contributed by atoms with Crippen molar-refractivity contribution in [3.8, 4) is 0 Å². The summed E-state index contributed by atoms with van der Waals surface area (Å²) in [6.07, 6.45) is 3.01. The summed E-state index contributed by atoms with van der Waals surface area (Å²) < 4.78 is 40.5. The minimum atomic E-state index is -3.87. The van der Waals surface area contributed by atoms with Crippen molar-refractivity contribution in [2.45, 2.75) is 43.8 Å². The largest absolute Gasteiger partial charge is 0.496 e. The van der Waals surface area contributed by atoms with E-state index in [1.165, 1.54) is 18.3 Å². The molecule has 0 spiro atoms. The third-order valence-electron chi connectivity index (χ3n) is 4.72. The summed E-state index contributed by atoms with van der Waals surface area (Å²) in [7, 11) is -4.51. The number of sulfonamides is 1. The van der Waals surface area contributed by atoms with Crippen molar-refractivity contribution in [3.63, 3.8) is 0 Å². The maximum Gasteiger partial charge on any atom is 0.496 e. The lowest BCUT2D eigenvalue weighted by atomic mass is 9.80. The van der Waals surface area contributed by atoms with Gasteiger partial charge in [0.25, 0.3) is 10.0 Å². The molecule has 0 amide bonds. The highest BCUT2D eigenvalue weighted by molar-refractivity contribution is 9.10. The maximum absolute atomic E-state index is 12.7. The Morgan fingerprint density at radius 3 is 2.33 bits per heavy atom. The van der Waals surface area contributed by atoms with Gasteiger partial charge in [-0.2, -0.15) is 0 Å². The van der Waals surface area contributed by atoms with Crippen molar-refractivity contribution >= 4 is 55.8 Å². The summed E-state index contributed by atoms with van der Waals surface area (Å²) in [5.41, 5.74) is -0.0899. The van der Waals surface area contributed by atoms with Crippen LogP contribution in [0, 0.1) is 0 Å². The average molecular weight is 474 g/mol. The van der Waals surface area contributed by atoms with Gasteiger partial charge in [0, 0.05) is 16.1 Å². The van der Waals surface area contributed by atoms with Crippen LogP contribution in [0.3, 0.4) is 0 Å². The number of hydrogen-bond donors (Lipinski definition) is 1. The molecule has 2 aromatic rings. The second kappa shape index (κ2) is 7.04. The van der Waals surface area contributed by atoms with Crippen LogP contribution in [0.1, 0.15) is 27.7 Å². The summed E-state index contributed by atoms with van der Waals surface area (Å²) in [6.45, 7) is 7.79. The van der Waals surface area contributed by atoms with E-state index >= 15 is 0 Å². The molecular weight excluding hydrogens is 454 g/mol. The lowest BCUT2D eigenvalue weighted by Crippen LogP contribution is -2.41. The predicted octanol–water partition coefficient (Wildman–Crippen LogP) is 3.60. The first-order valence-electron chi connectivity index (χ1n) is 8.20. The zero-order valence-corrected chi connectivity index (χ0v) is 18.4. The molecule has 0 atom stereocenters. The van der Waals surface area contributed by atoms with Crippen molar-refractivity contribution < 1.29 is 17.7 Å². The van der Waals surface area contributed by atoms with Gasteiger partial charge < -0.3 is 9.31 Å². The van der Waals surface area contributed by atoms with Gasteiger partial charge >= 0.3 is 7.12 Å². The fourth-order valence-corrected chi connectivity index (χ4v) is 4.60. The van der Waals surface area contributed by atoms with Crippen LogP contribution in [0.4, 0.5) is 5.69 Å². The van der Waals surface area contributed by atoms with Crippen molar-refractivity contribution in [3.05, 3.63) is 46.2 Å². The zero-order valence-electron chi connectivity index (χ0n) is 15.3. The molecular formula is C17H19BBrClN2O4S. The number of pyridine rings is 1. The molecule has 27 heavy (non-hydrogen) atoms. The van der Waals surface area contributed by atoms with E-state index in [-0.39, 0.29) is 9.92 Å². The number of rotatable bonds is 4. The van der Waals surface area contributed by atoms with Crippen molar-refractivity contribution in [2.75, 3.05) is 4.72 Å². The smallest absolute Gasteiger partial charge is 0.399 e. The molecule has 6 nitrogen and oxygen atoms in total. The second-order valence-electron chi connectivity index (χ2n) is 7.28. The molecule has 10 heteroatoms. The monoisotopic (exact) mass is 472 g/mol. The Morgan fingerprint density at radius 1 is 1.11 bits per heavy atom. The number of halogens is 2. The Balaban J connectivity index is 1.86. The Kier molecular flexibility index (Phi) is 5.37. The van der Waals surface area contributed by atoms with Gasteiger partial charge in [-0.15, -0.1) is 0 Å². The van der Waals surface area contributed by atoms with Crippen LogP contribution in [0.5, 0.6) is 0 Å². The van der Waals surface area contributed by atoms with Gasteiger partial charge in [0.05, 0.1) is 28.1 Å². The summed E-state index contributed by atoms with van der Waals surface area (Å²) in [5.74, 6) is 0. The molecule has 1 aliphatic heterocycles. The highest BCUT2D eigenvalue weighted by Gasteiger charge is 2.51. The molecule has 0 aliphatic carbocycles. The summed E-state index contributed by atoms with van der Waals surface area (Å²) >= 11 is 9.33. The molecule has 2 heterocycles. The van der Waals surface area contributed by atoms with Crippen molar-refractivity contribution in [1.29, 1.82) is 0 Å². The van der Waals surface area contributed by atoms with Gasteiger partial charge in [-0.1, -0.05) is 27.5 Å². The third kappa shape index (κ3) is 4.17. The van der Waals surface area contributed by atoms with Gasteiger partial charge in [0.15, 0.2) is 0 Å². The van der Waals surface area contributed by atoms with Gasteiger partial charge in [-0.3, -0.25) is 9.71 Å². The van der Waals surface area contributed by atoms with E-state index < -0.39 is 28.3 Å². The highest BCUT2D eigenvalue weighted by atomic mass is 79.9. The topological polar surface area (TPSA) is 77.5 Å². The van der Waals surface area contributed by atoms with Crippen molar-refractivity contribution in [1.82, 2.24) is 4.98 Å². The standard InChI is InChI=1S/C17H19BBrClN2O4S/c1-16(2)17(3,4)26-18(25-16)11-7-13(10-21-9-11)22-27(23,24)15-6-5-12(19)8-14(15)20/h5-10,22H,1-4H3. The molecule has 1 aliphatic rings.